The second-order valence-electron chi connectivity index (χ2n) is 3.18. The number of rotatable bonds is 4. The number of hydrogen-bond donors (Lipinski definition) is 1. The molecule has 0 saturated carbocycles. The lowest BCUT2D eigenvalue weighted by atomic mass is 10.2. The van der Waals surface area contributed by atoms with Crippen LogP contribution in [-0.4, -0.2) is 5.91 Å². The Morgan fingerprint density at radius 2 is 2.33 bits per heavy atom. The molecule has 1 aromatic rings. The van der Waals surface area contributed by atoms with E-state index >= 15 is 0 Å². The van der Waals surface area contributed by atoms with Crippen LogP contribution in [-0.2, 0) is 11.3 Å². The van der Waals surface area contributed by atoms with Gasteiger partial charge in [0, 0.05) is 10.5 Å². The van der Waals surface area contributed by atoms with Crippen LogP contribution in [0.5, 0.6) is 0 Å². The Morgan fingerprint density at radius 1 is 1.60 bits per heavy atom. The first-order chi connectivity index (χ1) is 7.13. The molecule has 1 amide bonds. The first-order valence-electron chi connectivity index (χ1n) is 4.82. The Bertz CT molecular complexity index is 370. The second-order valence-corrected chi connectivity index (χ2v) is 4.98. The van der Waals surface area contributed by atoms with Crippen LogP contribution >= 0.6 is 22.9 Å². The quantitative estimate of drug-likeness (QED) is 0.808. The Morgan fingerprint density at radius 3 is 2.87 bits per heavy atom. The van der Waals surface area contributed by atoms with Crippen molar-refractivity contribution < 1.29 is 4.79 Å². The molecule has 4 heteroatoms. The summed E-state index contributed by atoms with van der Waals surface area (Å²) in [6.07, 6.45) is 2.79. The first-order valence-corrected chi connectivity index (χ1v) is 6.02. The molecule has 0 unspecified atom stereocenters. The third kappa shape index (κ3) is 4.06. The van der Waals surface area contributed by atoms with Crippen LogP contribution < -0.4 is 5.32 Å². The zero-order chi connectivity index (χ0) is 11.3. The summed E-state index contributed by atoms with van der Waals surface area (Å²) in [5, 5.41) is 2.84. The van der Waals surface area contributed by atoms with Crippen LogP contribution in [0.1, 0.15) is 25.1 Å². The predicted molar refractivity (Wildman–Crippen MR) is 65.2 cm³/mol. The highest BCUT2D eigenvalue weighted by Crippen LogP contribution is 2.20. The van der Waals surface area contributed by atoms with Crippen molar-refractivity contribution in [1.29, 1.82) is 0 Å². The van der Waals surface area contributed by atoms with Gasteiger partial charge >= 0.3 is 0 Å². The van der Waals surface area contributed by atoms with Gasteiger partial charge in [-0.1, -0.05) is 24.6 Å². The SMILES string of the molecule is CC/C=C(\C)C(=O)NCc1ccc(Cl)s1. The van der Waals surface area contributed by atoms with Gasteiger partial charge < -0.3 is 5.32 Å². The molecule has 0 saturated heterocycles. The van der Waals surface area contributed by atoms with Gasteiger partial charge in [-0.25, -0.2) is 0 Å². The number of hydrogen-bond acceptors (Lipinski definition) is 2. The predicted octanol–water partition coefficient (Wildman–Crippen LogP) is 3.37. The molecule has 1 rings (SSSR count). The van der Waals surface area contributed by atoms with Crippen molar-refractivity contribution >= 4 is 28.8 Å². The van der Waals surface area contributed by atoms with Gasteiger partial charge in [-0.05, 0) is 25.5 Å². The molecule has 1 heterocycles. The molecular formula is C11H14ClNOS. The Balaban J connectivity index is 2.44. The molecule has 1 N–H and O–H groups in total. The highest BCUT2D eigenvalue weighted by atomic mass is 35.5. The van der Waals surface area contributed by atoms with Crippen LogP contribution in [0.3, 0.4) is 0 Å². The zero-order valence-corrected chi connectivity index (χ0v) is 10.4. The third-order valence-electron chi connectivity index (χ3n) is 1.92. The van der Waals surface area contributed by atoms with E-state index < -0.39 is 0 Å². The molecule has 82 valence electrons. The van der Waals surface area contributed by atoms with Crippen LogP contribution in [0, 0.1) is 0 Å². The maximum absolute atomic E-state index is 11.5. The van der Waals surface area contributed by atoms with Gasteiger partial charge in [0.05, 0.1) is 10.9 Å². The maximum Gasteiger partial charge on any atom is 0.246 e. The molecule has 1 aromatic heterocycles. The van der Waals surface area contributed by atoms with Gasteiger partial charge in [-0.2, -0.15) is 0 Å². The van der Waals surface area contributed by atoms with Crippen molar-refractivity contribution in [3.8, 4) is 0 Å². The highest BCUT2D eigenvalue weighted by molar-refractivity contribution is 7.16. The Hall–Kier alpha value is -0.800. The molecule has 0 fully saturated rings. The van der Waals surface area contributed by atoms with Crippen molar-refractivity contribution in [2.45, 2.75) is 26.8 Å². The van der Waals surface area contributed by atoms with Gasteiger partial charge in [-0.3, -0.25) is 4.79 Å². The van der Waals surface area contributed by atoms with E-state index in [1.807, 2.05) is 32.1 Å². The van der Waals surface area contributed by atoms with E-state index in [1.54, 1.807) is 0 Å². The molecule has 0 aliphatic rings. The van der Waals surface area contributed by atoms with Crippen molar-refractivity contribution in [1.82, 2.24) is 5.32 Å². The normalized spacial score (nSPS) is 11.5. The topological polar surface area (TPSA) is 29.1 Å². The molecule has 2 nitrogen and oxygen atoms in total. The van der Waals surface area contributed by atoms with Crippen LogP contribution in [0.15, 0.2) is 23.8 Å². The summed E-state index contributed by atoms with van der Waals surface area (Å²) in [5.74, 6) is -0.0126. The number of allylic oxidation sites excluding steroid dienone is 1. The summed E-state index contributed by atoms with van der Waals surface area (Å²) in [7, 11) is 0. The van der Waals surface area contributed by atoms with Crippen molar-refractivity contribution in [2.24, 2.45) is 0 Å². The fourth-order valence-electron chi connectivity index (χ4n) is 1.15. The van der Waals surface area contributed by atoms with Crippen LogP contribution in [0.2, 0.25) is 4.34 Å². The average molecular weight is 244 g/mol. The molecule has 0 aliphatic carbocycles. The van der Waals surface area contributed by atoms with Crippen molar-refractivity contribution in [3.05, 3.63) is 33.0 Å². The Kier molecular flexibility index (Phi) is 4.85. The lowest BCUT2D eigenvalue weighted by Crippen LogP contribution is -2.22. The smallest absolute Gasteiger partial charge is 0.246 e. The molecule has 0 aromatic carbocycles. The Labute approximate surface area is 99.0 Å². The summed E-state index contributed by atoms with van der Waals surface area (Å²) in [5.41, 5.74) is 0.764. The summed E-state index contributed by atoms with van der Waals surface area (Å²) in [4.78, 5) is 12.6. The lowest BCUT2D eigenvalue weighted by Gasteiger charge is -2.03. The third-order valence-corrected chi connectivity index (χ3v) is 3.15. The van der Waals surface area contributed by atoms with E-state index in [0.717, 1.165) is 21.2 Å². The van der Waals surface area contributed by atoms with Gasteiger partial charge in [0.1, 0.15) is 0 Å². The monoisotopic (exact) mass is 243 g/mol. The number of nitrogens with one attached hydrogen (secondary N) is 1. The summed E-state index contributed by atoms with van der Waals surface area (Å²) < 4.78 is 0.750. The van der Waals surface area contributed by atoms with Crippen molar-refractivity contribution in [3.63, 3.8) is 0 Å². The molecular weight excluding hydrogens is 230 g/mol. The highest BCUT2D eigenvalue weighted by Gasteiger charge is 2.04. The molecule has 0 aliphatic heterocycles. The largest absolute Gasteiger partial charge is 0.347 e. The minimum Gasteiger partial charge on any atom is -0.347 e. The average Bonchev–Trinajstić information content (AvgIpc) is 2.61. The summed E-state index contributed by atoms with van der Waals surface area (Å²) in [6.45, 7) is 4.38. The van der Waals surface area contributed by atoms with Crippen LogP contribution in [0.4, 0.5) is 0 Å². The second kappa shape index (κ2) is 5.93. The van der Waals surface area contributed by atoms with E-state index in [4.69, 9.17) is 11.6 Å². The summed E-state index contributed by atoms with van der Waals surface area (Å²) >= 11 is 7.27. The lowest BCUT2D eigenvalue weighted by molar-refractivity contribution is -0.117. The molecule has 0 bridgehead atoms. The first kappa shape index (κ1) is 12.3. The fraction of sp³-hybridized carbons (Fsp3) is 0.364. The number of amides is 1. The summed E-state index contributed by atoms with van der Waals surface area (Å²) in [6, 6.07) is 3.76. The maximum atomic E-state index is 11.5. The molecule has 0 radical (unpaired) electrons. The number of carbonyl (C=O) groups is 1. The van der Waals surface area contributed by atoms with Crippen LogP contribution in [0.25, 0.3) is 0 Å². The van der Waals surface area contributed by atoms with E-state index in [2.05, 4.69) is 5.32 Å². The van der Waals surface area contributed by atoms with Crippen molar-refractivity contribution in [2.75, 3.05) is 0 Å². The number of carbonyl (C=O) groups excluding carboxylic acids is 1. The van der Waals surface area contributed by atoms with Gasteiger partial charge in [0.25, 0.3) is 0 Å². The minimum atomic E-state index is -0.0126. The van der Waals surface area contributed by atoms with E-state index in [-0.39, 0.29) is 5.91 Å². The zero-order valence-electron chi connectivity index (χ0n) is 8.84. The fourth-order valence-corrected chi connectivity index (χ4v) is 2.18. The van der Waals surface area contributed by atoms with E-state index in [0.29, 0.717) is 6.54 Å². The minimum absolute atomic E-state index is 0.0126. The van der Waals surface area contributed by atoms with E-state index in [9.17, 15) is 4.79 Å². The van der Waals surface area contributed by atoms with Gasteiger partial charge in [0.15, 0.2) is 0 Å². The van der Waals surface area contributed by atoms with Gasteiger partial charge in [0.2, 0.25) is 5.91 Å². The molecule has 0 atom stereocenters. The van der Waals surface area contributed by atoms with E-state index in [1.165, 1.54) is 11.3 Å². The number of halogens is 1. The standard InChI is InChI=1S/C11H14ClNOS/c1-3-4-8(2)11(14)13-7-9-5-6-10(12)15-9/h4-6H,3,7H2,1-2H3,(H,13,14)/b8-4+. The number of thiophene rings is 1. The van der Waals surface area contributed by atoms with Gasteiger partial charge in [-0.15, -0.1) is 11.3 Å². The molecule has 15 heavy (non-hydrogen) atoms. The molecule has 0 spiro atoms.